The lowest BCUT2D eigenvalue weighted by atomic mass is 10.0. The number of benzene rings is 1. The minimum atomic E-state index is -0.575. The number of pyridine rings is 2. The molecule has 1 aliphatic rings. The van der Waals surface area contributed by atoms with Crippen molar-refractivity contribution in [3.8, 4) is 22.5 Å². The van der Waals surface area contributed by atoms with Gasteiger partial charge in [-0.25, -0.2) is 9.59 Å². The molecule has 1 saturated heterocycles. The van der Waals surface area contributed by atoms with Crippen molar-refractivity contribution in [2.24, 2.45) is 14.1 Å². The van der Waals surface area contributed by atoms with Gasteiger partial charge in [-0.2, -0.15) is 5.10 Å². The Bertz CT molecular complexity index is 1770. The van der Waals surface area contributed by atoms with Crippen LogP contribution in [0.1, 0.15) is 33.2 Å². The number of imidazole rings is 1. The molecule has 0 radical (unpaired) electrons. The van der Waals surface area contributed by atoms with Crippen LogP contribution in [0.3, 0.4) is 0 Å². The van der Waals surface area contributed by atoms with Gasteiger partial charge in [-0.1, -0.05) is 12.1 Å². The monoisotopic (exact) mass is 525 g/mol. The highest BCUT2D eigenvalue weighted by molar-refractivity contribution is 6.04. The Balaban J connectivity index is 1.40. The Hall–Kier alpha value is -4.47. The fourth-order valence-electron chi connectivity index (χ4n) is 5.26. The molecule has 0 N–H and O–H groups in total. The summed E-state index contributed by atoms with van der Waals surface area (Å²) in [4.78, 5) is 37.2. The minimum Gasteiger partial charge on any atom is -0.444 e. The molecule has 6 rings (SSSR count). The Morgan fingerprint density at radius 2 is 1.79 bits per heavy atom. The van der Waals surface area contributed by atoms with Gasteiger partial charge < -0.3 is 9.64 Å². The number of hydrogen-bond acceptors (Lipinski definition) is 6. The van der Waals surface area contributed by atoms with Crippen LogP contribution in [-0.4, -0.2) is 58.6 Å². The fourth-order valence-corrected chi connectivity index (χ4v) is 5.26. The summed E-state index contributed by atoms with van der Waals surface area (Å²) in [6.45, 7) is 6.51. The molecule has 1 amide bonds. The summed E-state index contributed by atoms with van der Waals surface area (Å²) in [5.41, 5.74) is 5.22. The minimum absolute atomic E-state index is 0.123. The number of carbonyl (C=O) groups excluding carboxylic acids is 1. The molecule has 0 aliphatic carbocycles. The van der Waals surface area contributed by atoms with Crippen molar-refractivity contribution in [2.75, 3.05) is 13.1 Å². The molecule has 10 heteroatoms. The third-order valence-electron chi connectivity index (χ3n) is 7.17. The van der Waals surface area contributed by atoms with Crippen molar-refractivity contribution >= 4 is 28.0 Å². The summed E-state index contributed by atoms with van der Waals surface area (Å²) in [6, 6.07) is 11.8. The van der Waals surface area contributed by atoms with E-state index in [1.54, 1.807) is 27.4 Å². The maximum Gasteiger partial charge on any atom is 0.410 e. The molecule has 1 aliphatic heterocycles. The van der Waals surface area contributed by atoms with Crippen molar-refractivity contribution in [3.05, 3.63) is 65.5 Å². The predicted molar refractivity (Wildman–Crippen MR) is 149 cm³/mol. The van der Waals surface area contributed by atoms with Crippen LogP contribution in [0.4, 0.5) is 4.79 Å². The van der Waals surface area contributed by atoms with Gasteiger partial charge in [0.05, 0.1) is 34.5 Å². The van der Waals surface area contributed by atoms with Gasteiger partial charge in [-0.05, 0) is 57.0 Å². The van der Waals surface area contributed by atoms with Crippen LogP contribution in [0.25, 0.3) is 44.5 Å². The number of aryl methyl sites for hydroxylation is 2. The predicted octanol–water partition coefficient (Wildman–Crippen LogP) is 4.53. The number of hydrogen-bond donors (Lipinski definition) is 0. The average molecular weight is 526 g/mol. The zero-order valence-electron chi connectivity index (χ0n) is 22.8. The normalized spacial score (nSPS) is 15.9. The molecule has 0 bridgehead atoms. The molecular formula is C29H31N7O3. The second-order valence-corrected chi connectivity index (χ2v) is 11.1. The molecule has 1 fully saturated rings. The van der Waals surface area contributed by atoms with Crippen LogP contribution in [0.5, 0.6) is 0 Å². The van der Waals surface area contributed by atoms with Crippen molar-refractivity contribution in [1.29, 1.82) is 0 Å². The van der Waals surface area contributed by atoms with E-state index in [-0.39, 0.29) is 17.8 Å². The van der Waals surface area contributed by atoms with E-state index in [2.05, 4.69) is 21.1 Å². The molecule has 1 atom stereocenters. The third kappa shape index (κ3) is 4.45. The zero-order chi connectivity index (χ0) is 27.5. The van der Waals surface area contributed by atoms with Gasteiger partial charge in [0, 0.05) is 50.5 Å². The quantitative estimate of drug-likeness (QED) is 0.343. The first-order valence-electron chi connectivity index (χ1n) is 13.0. The largest absolute Gasteiger partial charge is 0.444 e. The van der Waals surface area contributed by atoms with Crippen LogP contribution >= 0.6 is 0 Å². The number of carbonyl (C=O) groups is 1. The third-order valence-corrected chi connectivity index (χ3v) is 7.17. The first kappa shape index (κ1) is 24.8. The highest BCUT2D eigenvalue weighted by Gasteiger charge is 2.33. The van der Waals surface area contributed by atoms with Crippen LogP contribution in [0.15, 0.2) is 59.8 Å². The molecule has 5 aromatic rings. The van der Waals surface area contributed by atoms with Gasteiger partial charge >= 0.3 is 11.8 Å². The molecule has 4 aromatic heterocycles. The smallest absolute Gasteiger partial charge is 0.410 e. The number of rotatable bonds is 3. The highest BCUT2D eigenvalue weighted by Crippen LogP contribution is 2.32. The van der Waals surface area contributed by atoms with Gasteiger partial charge in [-0.15, -0.1) is 0 Å². The Kier molecular flexibility index (Phi) is 5.78. The maximum absolute atomic E-state index is 13.5. The van der Waals surface area contributed by atoms with E-state index in [1.165, 1.54) is 0 Å². The number of ether oxygens (including phenoxy) is 1. The second-order valence-electron chi connectivity index (χ2n) is 11.1. The van der Waals surface area contributed by atoms with Crippen LogP contribution < -0.4 is 5.69 Å². The molecule has 10 nitrogen and oxygen atoms in total. The number of nitrogens with zero attached hydrogens (tertiary/aromatic N) is 7. The zero-order valence-corrected chi connectivity index (χ0v) is 22.8. The van der Waals surface area contributed by atoms with Crippen LogP contribution in [0.2, 0.25) is 0 Å². The van der Waals surface area contributed by atoms with Crippen molar-refractivity contribution < 1.29 is 9.53 Å². The Morgan fingerprint density at radius 3 is 2.49 bits per heavy atom. The number of aromatic nitrogens is 6. The van der Waals surface area contributed by atoms with E-state index in [9.17, 15) is 9.59 Å². The summed E-state index contributed by atoms with van der Waals surface area (Å²) >= 11 is 0. The molecule has 0 unspecified atom stereocenters. The van der Waals surface area contributed by atoms with Gasteiger partial charge in [0.1, 0.15) is 11.3 Å². The number of fused-ring (bicyclic) bond motifs is 3. The molecule has 0 spiro atoms. The molecule has 39 heavy (non-hydrogen) atoms. The van der Waals surface area contributed by atoms with Gasteiger partial charge in [0.15, 0.2) is 0 Å². The van der Waals surface area contributed by atoms with Crippen LogP contribution in [0, 0.1) is 0 Å². The molecular weight excluding hydrogens is 494 g/mol. The van der Waals surface area contributed by atoms with Crippen molar-refractivity contribution in [2.45, 2.75) is 38.8 Å². The second kappa shape index (κ2) is 9.07. The molecule has 1 aromatic carbocycles. The van der Waals surface area contributed by atoms with Gasteiger partial charge in [-0.3, -0.25) is 23.8 Å². The molecule has 200 valence electrons. The highest BCUT2D eigenvalue weighted by atomic mass is 16.6. The summed E-state index contributed by atoms with van der Waals surface area (Å²) in [6.07, 6.45) is 5.79. The van der Waals surface area contributed by atoms with E-state index >= 15 is 0 Å². The lowest BCUT2D eigenvalue weighted by Gasteiger charge is -2.24. The van der Waals surface area contributed by atoms with E-state index in [0.717, 1.165) is 44.5 Å². The summed E-state index contributed by atoms with van der Waals surface area (Å²) < 4.78 is 10.8. The first-order valence-corrected chi connectivity index (χ1v) is 13.0. The van der Waals surface area contributed by atoms with E-state index < -0.39 is 5.60 Å². The van der Waals surface area contributed by atoms with Crippen LogP contribution in [-0.2, 0) is 18.8 Å². The lowest BCUT2D eigenvalue weighted by Crippen LogP contribution is -2.36. The SMILES string of the molecule is Cn1ccc(-c2ccc(-c3ccc4ncc5c(c4c3)n([C@H]3CCN(C(=O)OC(C)(C)C)C3)c(=O)n5C)cn2)n1. The van der Waals surface area contributed by atoms with Gasteiger partial charge in [0.2, 0.25) is 0 Å². The standard InChI is InChI=1S/C29H31N7O3/c1-29(2,3)39-28(38)35-13-10-20(17-35)36-26-21-14-18(6-8-22(21)31-16-25(26)34(5)27(36)37)19-7-9-23(30-15-19)24-11-12-33(4)32-24/h6-9,11-12,14-16,20H,10,13,17H2,1-5H3/t20-/m0/s1. The van der Waals surface area contributed by atoms with E-state index in [1.807, 2.05) is 75.1 Å². The summed E-state index contributed by atoms with van der Waals surface area (Å²) in [5.74, 6) is 0. The summed E-state index contributed by atoms with van der Waals surface area (Å²) in [5, 5.41) is 5.31. The van der Waals surface area contributed by atoms with Crippen molar-refractivity contribution in [1.82, 2.24) is 33.8 Å². The van der Waals surface area contributed by atoms with E-state index in [4.69, 9.17) is 4.74 Å². The van der Waals surface area contributed by atoms with Crippen molar-refractivity contribution in [3.63, 3.8) is 0 Å². The number of amides is 1. The first-order chi connectivity index (χ1) is 18.6. The molecule has 5 heterocycles. The average Bonchev–Trinajstić information content (AvgIpc) is 3.62. The lowest BCUT2D eigenvalue weighted by molar-refractivity contribution is 0.0289. The number of likely N-dealkylation sites (tertiary alicyclic amines) is 1. The maximum atomic E-state index is 13.5. The summed E-state index contributed by atoms with van der Waals surface area (Å²) in [7, 11) is 3.64. The van der Waals surface area contributed by atoms with Gasteiger partial charge in [0.25, 0.3) is 0 Å². The Labute approximate surface area is 225 Å². The van der Waals surface area contributed by atoms with E-state index in [0.29, 0.717) is 19.5 Å². The Morgan fingerprint density at radius 1 is 1.00 bits per heavy atom. The fraction of sp³-hybridized carbons (Fsp3) is 0.345. The molecule has 0 saturated carbocycles. The topological polar surface area (TPSA) is 100 Å².